The summed E-state index contributed by atoms with van der Waals surface area (Å²) in [6.07, 6.45) is 0. The number of thiophene rings is 1. The highest BCUT2D eigenvalue weighted by molar-refractivity contribution is 7.20. The van der Waals surface area contributed by atoms with E-state index >= 15 is 0 Å². The molecule has 0 unspecified atom stereocenters. The number of halogens is 1. The number of hydrogen-bond acceptors (Lipinski definition) is 4. The van der Waals surface area contributed by atoms with Gasteiger partial charge in [0, 0.05) is 28.7 Å². The van der Waals surface area contributed by atoms with Crippen LogP contribution in [0.1, 0.15) is 16.6 Å². The van der Waals surface area contributed by atoms with Gasteiger partial charge in [-0.1, -0.05) is 23.7 Å². The molecule has 0 bridgehead atoms. The number of anilines is 1. The number of benzene rings is 2. The Kier molecular flexibility index (Phi) is 5.07. The Morgan fingerprint density at radius 2 is 1.89 bits per heavy atom. The van der Waals surface area contributed by atoms with Crippen LogP contribution in [0, 0.1) is 0 Å². The highest BCUT2D eigenvalue weighted by atomic mass is 35.5. The number of carbonyl (C=O) groups is 1. The van der Waals surface area contributed by atoms with E-state index in [9.17, 15) is 4.79 Å². The quantitative estimate of drug-likeness (QED) is 0.464. The summed E-state index contributed by atoms with van der Waals surface area (Å²) in [5.74, 6) is 0.633. The largest absolute Gasteiger partial charge is 0.494 e. The molecule has 0 spiro atoms. The van der Waals surface area contributed by atoms with Gasteiger partial charge in [0.2, 0.25) is 0 Å². The zero-order valence-electron chi connectivity index (χ0n) is 15.4. The number of carbonyl (C=O) groups excluding carboxylic acids is 1. The van der Waals surface area contributed by atoms with Crippen molar-refractivity contribution in [3.8, 4) is 17.0 Å². The molecule has 2 heterocycles. The van der Waals surface area contributed by atoms with Gasteiger partial charge in [0.15, 0.2) is 0 Å². The van der Waals surface area contributed by atoms with E-state index in [1.807, 2.05) is 68.6 Å². The van der Waals surface area contributed by atoms with Gasteiger partial charge in [-0.2, -0.15) is 5.10 Å². The predicted molar refractivity (Wildman–Crippen MR) is 115 cm³/mol. The first-order chi connectivity index (χ1) is 13.5. The maximum absolute atomic E-state index is 12.7. The smallest absolute Gasteiger partial charge is 0.265 e. The third kappa shape index (κ3) is 3.61. The maximum Gasteiger partial charge on any atom is 0.265 e. The topological polar surface area (TPSA) is 56.1 Å². The van der Waals surface area contributed by atoms with Crippen molar-refractivity contribution in [3.63, 3.8) is 0 Å². The lowest BCUT2D eigenvalue weighted by Gasteiger charge is -2.06. The van der Waals surface area contributed by atoms with Crippen molar-refractivity contribution in [1.29, 1.82) is 0 Å². The first kappa shape index (κ1) is 18.5. The van der Waals surface area contributed by atoms with Crippen LogP contribution in [0.4, 0.5) is 5.69 Å². The Morgan fingerprint density at radius 3 is 2.57 bits per heavy atom. The van der Waals surface area contributed by atoms with Crippen LogP contribution in [-0.4, -0.2) is 22.3 Å². The lowest BCUT2D eigenvalue weighted by molar-refractivity contribution is 0.103. The van der Waals surface area contributed by atoms with E-state index in [-0.39, 0.29) is 5.91 Å². The number of rotatable bonds is 5. The molecule has 0 aliphatic heterocycles. The molecule has 2 aromatic heterocycles. The van der Waals surface area contributed by atoms with Crippen molar-refractivity contribution < 1.29 is 9.53 Å². The molecule has 4 aromatic rings. The fraction of sp³-hybridized carbons (Fsp3) is 0.143. The molecular formula is C21H18ClN3O2S. The average molecular weight is 412 g/mol. The van der Waals surface area contributed by atoms with Crippen molar-refractivity contribution in [1.82, 2.24) is 9.78 Å². The van der Waals surface area contributed by atoms with E-state index in [2.05, 4.69) is 10.4 Å². The number of ether oxygens (including phenoxy) is 1. The van der Waals surface area contributed by atoms with Crippen LogP contribution in [0.5, 0.6) is 5.75 Å². The molecule has 0 fully saturated rings. The van der Waals surface area contributed by atoms with Crippen molar-refractivity contribution >= 4 is 44.7 Å². The molecule has 4 rings (SSSR count). The van der Waals surface area contributed by atoms with Gasteiger partial charge in [-0.05, 0) is 49.4 Å². The van der Waals surface area contributed by atoms with E-state index in [0.717, 1.165) is 32.9 Å². The Labute approximate surface area is 171 Å². The van der Waals surface area contributed by atoms with Crippen LogP contribution in [0.15, 0.2) is 54.6 Å². The second-order valence-electron chi connectivity index (χ2n) is 6.22. The summed E-state index contributed by atoms with van der Waals surface area (Å²) in [5.41, 5.74) is 2.53. The Bertz CT molecular complexity index is 1130. The van der Waals surface area contributed by atoms with Gasteiger partial charge in [0.25, 0.3) is 5.91 Å². The molecule has 1 N–H and O–H groups in total. The highest BCUT2D eigenvalue weighted by Crippen LogP contribution is 2.34. The zero-order chi connectivity index (χ0) is 19.7. The first-order valence-electron chi connectivity index (χ1n) is 8.82. The summed E-state index contributed by atoms with van der Waals surface area (Å²) in [6, 6.07) is 16.8. The summed E-state index contributed by atoms with van der Waals surface area (Å²) in [5, 5.41) is 9.16. The molecule has 28 heavy (non-hydrogen) atoms. The monoisotopic (exact) mass is 411 g/mol. The standard InChI is InChI=1S/C21H18ClN3O2S/c1-3-27-16-10-8-15(9-11-16)23-20(26)18-12-17-19(24-25(2)21(17)28-18)13-4-6-14(22)7-5-13/h4-12H,3H2,1-2H3,(H,23,26). The number of hydrogen-bond donors (Lipinski definition) is 1. The molecule has 142 valence electrons. The van der Waals surface area contributed by atoms with Crippen LogP contribution < -0.4 is 10.1 Å². The number of nitrogens with one attached hydrogen (secondary N) is 1. The molecule has 0 aliphatic rings. The average Bonchev–Trinajstić information content (AvgIpc) is 3.25. The Hall–Kier alpha value is -2.83. The predicted octanol–water partition coefficient (Wildman–Crippen LogP) is 5.61. The number of aromatic nitrogens is 2. The summed E-state index contributed by atoms with van der Waals surface area (Å²) in [6.45, 7) is 2.54. The third-order valence-electron chi connectivity index (χ3n) is 4.28. The summed E-state index contributed by atoms with van der Waals surface area (Å²) in [4.78, 5) is 14.3. The molecule has 0 atom stereocenters. The van der Waals surface area contributed by atoms with Gasteiger partial charge in [-0.3, -0.25) is 9.48 Å². The third-order valence-corrected chi connectivity index (χ3v) is 5.73. The SMILES string of the molecule is CCOc1ccc(NC(=O)c2cc3c(-c4ccc(Cl)cc4)nn(C)c3s2)cc1. The lowest BCUT2D eigenvalue weighted by atomic mass is 10.1. The molecule has 0 saturated carbocycles. The lowest BCUT2D eigenvalue weighted by Crippen LogP contribution is -2.10. The first-order valence-corrected chi connectivity index (χ1v) is 10.0. The van der Waals surface area contributed by atoms with Crippen molar-refractivity contribution in [2.75, 3.05) is 11.9 Å². The Morgan fingerprint density at radius 1 is 1.18 bits per heavy atom. The van der Waals surface area contributed by atoms with E-state index in [1.54, 1.807) is 4.68 Å². The second kappa shape index (κ2) is 7.66. The van der Waals surface area contributed by atoms with Crippen LogP contribution in [0.3, 0.4) is 0 Å². The number of amides is 1. The number of aryl methyl sites for hydroxylation is 1. The van der Waals surface area contributed by atoms with Gasteiger partial charge < -0.3 is 10.1 Å². The van der Waals surface area contributed by atoms with E-state index < -0.39 is 0 Å². The molecule has 2 aromatic carbocycles. The molecule has 0 aliphatic carbocycles. The molecule has 7 heteroatoms. The van der Waals surface area contributed by atoms with Crippen molar-refractivity contribution in [2.24, 2.45) is 7.05 Å². The van der Waals surface area contributed by atoms with Crippen LogP contribution in [-0.2, 0) is 7.05 Å². The number of fused-ring (bicyclic) bond motifs is 1. The summed E-state index contributed by atoms with van der Waals surface area (Å²) >= 11 is 7.41. The van der Waals surface area contributed by atoms with Gasteiger partial charge in [0.05, 0.1) is 11.5 Å². The molecular weight excluding hydrogens is 394 g/mol. The van der Waals surface area contributed by atoms with Crippen LogP contribution in [0.25, 0.3) is 21.5 Å². The molecule has 0 saturated heterocycles. The zero-order valence-corrected chi connectivity index (χ0v) is 17.0. The van der Waals surface area contributed by atoms with Gasteiger partial charge in [-0.25, -0.2) is 0 Å². The van der Waals surface area contributed by atoms with Crippen LogP contribution in [0.2, 0.25) is 5.02 Å². The van der Waals surface area contributed by atoms with Crippen molar-refractivity contribution in [3.05, 3.63) is 64.5 Å². The summed E-state index contributed by atoms with van der Waals surface area (Å²) < 4.78 is 7.23. The van der Waals surface area contributed by atoms with E-state index in [4.69, 9.17) is 16.3 Å². The fourth-order valence-corrected chi connectivity index (χ4v) is 4.06. The molecule has 1 amide bonds. The minimum absolute atomic E-state index is 0.146. The van der Waals surface area contributed by atoms with Gasteiger partial charge in [0.1, 0.15) is 16.3 Å². The summed E-state index contributed by atoms with van der Waals surface area (Å²) in [7, 11) is 1.88. The van der Waals surface area contributed by atoms with E-state index in [1.165, 1.54) is 11.3 Å². The second-order valence-corrected chi connectivity index (χ2v) is 7.69. The van der Waals surface area contributed by atoms with Gasteiger partial charge in [-0.15, -0.1) is 11.3 Å². The highest BCUT2D eigenvalue weighted by Gasteiger charge is 2.18. The maximum atomic E-state index is 12.7. The number of nitrogens with zero attached hydrogens (tertiary/aromatic N) is 2. The van der Waals surface area contributed by atoms with E-state index in [0.29, 0.717) is 16.5 Å². The van der Waals surface area contributed by atoms with Crippen molar-refractivity contribution in [2.45, 2.75) is 6.92 Å². The minimum Gasteiger partial charge on any atom is -0.494 e. The van der Waals surface area contributed by atoms with Gasteiger partial charge >= 0.3 is 0 Å². The minimum atomic E-state index is -0.146. The fourth-order valence-electron chi connectivity index (χ4n) is 2.97. The normalized spacial score (nSPS) is 11.0. The molecule has 0 radical (unpaired) electrons. The Balaban J connectivity index is 1.61. The molecule has 5 nitrogen and oxygen atoms in total. The van der Waals surface area contributed by atoms with Crippen LogP contribution >= 0.6 is 22.9 Å².